The first-order valence-corrected chi connectivity index (χ1v) is 8.12. The maximum Gasteiger partial charge on any atom is 0.138 e. The Bertz CT molecular complexity index is 803. The molecule has 0 aliphatic heterocycles. The maximum absolute atomic E-state index is 5.92. The smallest absolute Gasteiger partial charge is 0.138 e. The molecule has 0 aliphatic carbocycles. The van der Waals surface area contributed by atoms with Crippen molar-refractivity contribution in [2.75, 3.05) is 17.3 Å². The molecule has 0 amide bonds. The third-order valence-electron chi connectivity index (χ3n) is 3.70. The van der Waals surface area contributed by atoms with Gasteiger partial charge in [-0.05, 0) is 36.8 Å². The molecule has 122 valence electrons. The summed E-state index contributed by atoms with van der Waals surface area (Å²) in [6.07, 6.45) is 0. The quantitative estimate of drug-likeness (QED) is 0.724. The molecule has 0 unspecified atom stereocenters. The number of benzene rings is 2. The van der Waals surface area contributed by atoms with Gasteiger partial charge in [-0.2, -0.15) is 0 Å². The van der Waals surface area contributed by atoms with Gasteiger partial charge in [-0.25, -0.2) is 9.97 Å². The van der Waals surface area contributed by atoms with Crippen LogP contribution in [0.15, 0.2) is 60.7 Å². The van der Waals surface area contributed by atoms with Gasteiger partial charge in [0.1, 0.15) is 17.5 Å². The Morgan fingerprint density at radius 2 is 1.71 bits per heavy atom. The minimum absolute atomic E-state index is 0.683. The standard InChI is InChI=1S/C19H19ClN4/c1-14-22-18(21-13-15-8-10-16(20)11-9-15)12-19(23-14)24(2)17-6-4-3-5-7-17/h3-12H,13H2,1-2H3,(H,21,22,23). The van der Waals surface area contributed by atoms with Crippen LogP contribution in [0.3, 0.4) is 0 Å². The van der Waals surface area contributed by atoms with E-state index in [9.17, 15) is 0 Å². The number of anilines is 3. The lowest BCUT2D eigenvalue weighted by atomic mass is 10.2. The van der Waals surface area contributed by atoms with Gasteiger partial charge in [0, 0.05) is 30.4 Å². The second-order valence-electron chi connectivity index (χ2n) is 5.53. The third kappa shape index (κ3) is 4.03. The fourth-order valence-corrected chi connectivity index (χ4v) is 2.52. The monoisotopic (exact) mass is 338 g/mol. The molecular formula is C19H19ClN4. The van der Waals surface area contributed by atoms with Crippen LogP contribution in [-0.2, 0) is 6.54 Å². The second-order valence-corrected chi connectivity index (χ2v) is 5.97. The Balaban J connectivity index is 1.77. The Labute approximate surface area is 147 Å². The van der Waals surface area contributed by atoms with Gasteiger partial charge in [-0.1, -0.05) is 41.9 Å². The van der Waals surface area contributed by atoms with Gasteiger partial charge in [0.25, 0.3) is 0 Å². The molecule has 0 spiro atoms. The molecule has 1 aromatic heterocycles. The van der Waals surface area contributed by atoms with Crippen LogP contribution in [0.5, 0.6) is 0 Å². The molecule has 0 aliphatic rings. The van der Waals surface area contributed by atoms with Crippen LogP contribution in [0.1, 0.15) is 11.4 Å². The van der Waals surface area contributed by atoms with Crippen molar-refractivity contribution in [2.24, 2.45) is 0 Å². The van der Waals surface area contributed by atoms with Crippen LogP contribution < -0.4 is 10.2 Å². The summed E-state index contributed by atoms with van der Waals surface area (Å²) in [5.41, 5.74) is 2.23. The zero-order chi connectivity index (χ0) is 16.9. The number of hydrogen-bond acceptors (Lipinski definition) is 4. The van der Waals surface area contributed by atoms with E-state index in [0.717, 1.165) is 33.7 Å². The summed E-state index contributed by atoms with van der Waals surface area (Å²) in [6, 6.07) is 19.9. The topological polar surface area (TPSA) is 41.1 Å². The SMILES string of the molecule is Cc1nc(NCc2ccc(Cl)cc2)cc(N(C)c2ccccc2)n1. The molecule has 4 nitrogen and oxygen atoms in total. The molecule has 1 heterocycles. The molecule has 0 saturated carbocycles. The molecule has 0 saturated heterocycles. The first kappa shape index (κ1) is 16.3. The summed E-state index contributed by atoms with van der Waals surface area (Å²) < 4.78 is 0. The first-order valence-electron chi connectivity index (χ1n) is 7.74. The summed E-state index contributed by atoms with van der Waals surface area (Å²) >= 11 is 5.92. The van der Waals surface area contributed by atoms with Crippen molar-refractivity contribution in [3.05, 3.63) is 77.1 Å². The van der Waals surface area contributed by atoms with Crippen molar-refractivity contribution in [1.82, 2.24) is 9.97 Å². The summed E-state index contributed by atoms with van der Waals surface area (Å²) in [6.45, 7) is 2.58. The molecule has 3 aromatic rings. The van der Waals surface area contributed by atoms with Crippen molar-refractivity contribution in [2.45, 2.75) is 13.5 Å². The van der Waals surface area contributed by atoms with Gasteiger partial charge < -0.3 is 10.2 Å². The number of rotatable bonds is 5. The lowest BCUT2D eigenvalue weighted by Gasteiger charge is -2.19. The van der Waals surface area contributed by atoms with Crippen LogP contribution in [0, 0.1) is 6.92 Å². The molecule has 0 radical (unpaired) electrons. The highest BCUT2D eigenvalue weighted by atomic mass is 35.5. The number of aryl methyl sites for hydroxylation is 1. The van der Waals surface area contributed by atoms with Crippen LogP contribution in [0.2, 0.25) is 5.02 Å². The van der Waals surface area contributed by atoms with Crippen LogP contribution in [0.4, 0.5) is 17.3 Å². The molecule has 3 rings (SSSR count). The molecule has 24 heavy (non-hydrogen) atoms. The zero-order valence-corrected chi connectivity index (χ0v) is 14.5. The van der Waals surface area contributed by atoms with Gasteiger partial charge >= 0.3 is 0 Å². The number of hydrogen-bond donors (Lipinski definition) is 1. The number of para-hydroxylation sites is 1. The van der Waals surface area contributed by atoms with Gasteiger partial charge in [-0.15, -0.1) is 0 Å². The van der Waals surface area contributed by atoms with E-state index in [0.29, 0.717) is 6.54 Å². The average molecular weight is 339 g/mol. The highest BCUT2D eigenvalue weighted by Gasteiger charge is 2.08. The Kier molecular flexibility index (Phi) is 4.96. The van der Waals surface area contributed by atoms with Crippen molar-refractivity contribution in [3.63, 3.8) is 0 Å². The van der Waals surface area contributed by atoms with Crippen LogP contribution in [-0.4, -0.2) is 17.0 Å². The van der Waals surface area contributed by atoms with Crippen molar-refractivity contribution in [1.29, 1.82) is 0 Å². The maximum atomic E-state index is 5.92. The van der Waals surface area contributed by atoms with Crippen LogP contribution >= 0.6 is 11.6 Å². The van der Waals surface area contributed by atoms with Crippen molar-refractivity contribution < 1.29 is 0 Å². The number of aromatic nitrogens is 2. The van der Waals surface area contributed by atoms with Crippen LogP contribution in [0.25, 0.3) is 0 Å². The molecule has 0 bridgehead atoms. The van der Waals surface area contributed by atoms with Crippen molar-refractivity contribution in [3.8, 4) is 0 Å². The predicted octanol–water partition coefficient (Wildman–Crippen LogP) is 4.82. The molecular weight excluding hydrogens is 320 g/mol. The molecule has 0 fully saturated rings. The number of nitrogens with zero attached hydrogens (tertiary/aromatic N) is 3. The van der Waals surface area contributed by atoms with E-state index in [1.54, 1.807) is 0 Å². The van der Waals surface area contributed by atoms with E-state index < -0.39 is 0 Å². The molecule has 5 heteroatoms. The van der Waals surface area contributed by atoms with E-state index in [4.69, 9.17) is 11.6 Å². The Morgan fingerprint density at radius 1 is 1.00 bits per heavy atom. The molecule has 1 N–H and O–H groups in total. The minimum atomic E-state index is 0.683. The average Bonchev–Trinajstić information content (AvgIpc) is 2.61. The highest BCUT2D eigenvalue weighted by molar-refractivity contribution is 6.30. The summed E-state index contributed by atoms with van der Waals surface area (Å²) in [4.78, 5) is 11.0. The normalized spacial score (nSPS) is 10.5. The number of nitrogens with one attached hydrogen (secondary N) is 1. The Morgan fingerprint density at radius 3 is 2.42 bits per heavy atom. The summed E-state index contributed by atoms with van der Waals surface area (Å²) in [7, 11) is 2.00. The molecule has 0 atom stereocenters. The van der Waals surface area contributed by atoms with E-state index in [1.165, 1.54) is 0 Å². The molecule has 2 aromatic carbocycles. The van der Waals surface area contributed by atoms with Crippen molar-refractivity contribution >= 4 is 28.9 Å². The Hall–Kier alpha value is -2.59. The lowest BCUT2D eigenvalue weighted by Crippen LogP contribution is -2.13. The van der Waals surface area contributed by atoms with E-state index in [1.807, 2.05) is 67.4 Å². The largest absolute Gasteiger partial charge is 0.366 e. The van der Waals surface area contributed by atoms with E-state index >= 15 is 0 Å². The van der Waals surface area contributed by atoms with E-state index in [2.05, 4.69) is 27.4 Å². The highest BCUT2D eigenvalue weighted by Crippen LogP contribution is 2.23. The van der Waals surface area contributed by atoms with Gasteiger partial charge in [0.05, 0.1) is 0 Å². The first-order chi connectivity index (χ1) is 11.6. The predicted molar refractivity (Wildman–Crippen MR) is 100 cm³/mol. The van der Waals surface area contributed by atoms with Gasteiger partial charge in [-0.3, -0.25) is 0 Å². The summed E-state index contributed by atoms with van der Waals surface area (Å²) in [5, 5.41) is 4.09. The number of halogens is 1. The second kappa shape index (κ2) is 7.32. The van der Waals surface area contributed by atoms with Gasteiger partial charge in [0.15, 0.2) is 0 Å². The fraction of sp³-hybridized carbons (Fsp3) is 0.158. The summed E-state index contributed by atoms with van der Waals surface area (Å²) in [5.74, 6) is 2.39. The lowest BCUT2D eigenvalue weighted by molar-refractivity contribution is 0.995. The van der Waals surface area contributed by atoms with Gasteiger partial charge in [0.2, 0.25) is 0 Å². The fourth-order valence-electron chi connectivity index (χ4n) is 2.39. The third-order valence-corrected chi connectivity index (χ3v) is 3.95. The minimum Gasteiger partial charge on any atom is -0.366 e. The van der Waals surface area contributed by atoms with E-state index in [-0.39, 0.29) is 0 Å². The zero-order valence-electron chi connectivity index (χ0n) is 13.7.